The van der Waals surface area contributed by atoms with Gasteiger partial charge in [-0.05, 0) is 12.1 Å². The van der Waals surface area contributed by atoms with E-state index in [-0.39, 0.29) is 51.4 Å². The van der Waals surface area contributed by atoms with Crippen molar-refractivity contribution in [3.8, 4) is 0 Å². The Hall–Kier alpha value is 1.01. The third-order valence-corrected chi connectivity index (χ3v) is 1.34. The molecule has 1 aromatic rings. The van der Waals surface area contributed by atoms with E-state index in [2.05, 4.69) is 12.6 Å². The van der Waals surface area contributed by atoms with Crippen LogP contribution in [0.4, 0.5) is 5.69 Å². The number of anilines is 1. The predicted molar refractivity (Wildman–Crippen MR) is 45.3 cm³/mol. The molecule has 0 aliphatic carbocycles. The molecule has 0 saturated carbocycles. The van der Waals surface area contributed by atoms with Gasteiger partial charge in [-0.1, -0.05) is 12.1 Å². The third kappa shape index (κ3) is 3.07. The van der Waals surface area contributed by atoms with Crippen molar-refractivity contribution in [1.29, 1.82) is 0 Å². The molecule has 0 heterocycles. The topological polar surface area (TPSA) is 26.0 Å². The SMILES string of the molecule is Nc1ccccc1S.[KH]. The normalized spacial score (nSPS) is 8.11. The molecule has 0 bridgehead atoms. The Morgan fingerprint density at radius 3 is 2.11 bits per heavy atom. The number of benzene rings is 1. The van der Waals surface area contributed by atoms with E-state index in [0.29, 0.717) is 0 Å². The quantitative estimate of drug-likeness (QED) is 0.333. The van der Waals surface area contributed by atoms with Crippen molar-refractivity contribution in [2.45, 2.75) is 4.90 Å². The number of para-hydroxylation sites is 1. The summed E-state index contributed by atoms with van der Waals surface area (Å²) in [7, 11) is 0. The summed E-state index contributed by atoms with van der Waals surface area (Å²) in [6.07, 6.45) is 0. The van der Waals surface area contributed by atoms with Crippen LogP contribution in [-0.2, 0) is 0 Å². The van der Waals surface area contributed by atoms with E-state index in [0.717, 1.165) is 10.6 Å². The summed E-state index contributed by atoms with van der Waals surface area (Å²) in [5, 5.41) is 0. The van der Waals surface area contributed by atoms with E-state index < -0.39 is 0 Å². The van der Waals surface area contributed by atoms with E-state index in [1.807, 2.05) is 24.3 Å². The number of hydrogen-bond acceptors (Lipinski definition) is 2. The van der Waals surface area contributed by atoms with Crippen LogP contribution in [0.25, 0.3) is 0 Å². The molecule has 2 N–H and O–H groups in total. The molecule has 9 heavy (non-hydrogen) atoms. The van der Waals surface area contributed by atoms with Crippen LogP contribution in [0.2, 0.25) is 0 Å². The monoisotopic (exact) mass is 165 g/mol. The standard InChI is InChI=1S/C6H7NS.K.H/c7-5-3-1-2-4-6(5)8;;/h1-4,8H,7H2;;. The van der Waals surface area contributed by atoms with Gasteiger partial charge in [0.25, 0.3) is 0 Å². The second-order valence-electron chi connectivity index (χ2n) is 1.56. The molecule has 0 aliphatic heterocycles. The van der Waals surface area contributed by atoms with Crippen LogP contribution < -0.4 is 5.73 Å². The summed E-state index contributed by atoms with van der Waals surface area (Å²) >= 11 is 4.07. The van der Waals surface area contributed by atoms with Crippen molar-refractivity contribution < 1.29 is 0 Å². The zero-order chi connectivity index (χ0) is 5.98. The molecule has 0 saturated heterocycles. The van der Waals surface area contributed by atoms with Crippen LogP contribution >= 0.6 is 12.6 Å². The van der Waals surface area contributed by atoms with Crippen LogP contribution in [-0.4, -0.2) is 51.4 Å². The zero-order valence-electron chi connectivity index (χ0n) is 4.33. The zero-order valence-corrected chi connectivity index (χ0v) is 5.23. The van der Waals surface area contributed by atoms with Gasteiger partial charge in [0.1, 0.15) is 0 Å². The number of nitrogen functional groups attached to an aromatic ring is 1. The van der Waals surface area contributed by atoms with E-state index in [1.54, 1.807) is 0 Å². The van der Waals surface area contributed by atoms with Gasteiger partial charge in [0.05, 0.1) is 0 Å². The van der Waals surface area contributed by atoms with Crippen molar-refractivity contribution in [2.75, 3.05) is 5.73 Å². The summed E-state index contributed by atoms with van der Waals surface area (Å²) in [5.41, 5.74) is 6.18. The fourth-order valence-electron chi connectivity index (χ4n) is 0.488. The van der Waals surface area contributed by atoms with E-state index in [4.69, 9.17) is 5.73 Å². The van der Waals surface area contributed by atoms with E-state index in [1.165, 1.54) is 0 Å². The Balaban J connectivity index is 0.000000640. The summed E-state index contributed by atoms with van der Waals surface area (Å²) < 4.78 is 0. The van der Waals surface area contributed by atoms with E-state index >= 15 is 0 Å². The molecular weight excluding hydrogens is 157 g/mol. The first-order valence-electron chi connectivity index (χ1n) is 2.34. The van der Waals surface area contributed by atoms with Crippen LogP contribution in [0.15, 0.2) is 29.2 Å². The van der Waals surface area contributed by atoms with Gasteiger partial charge in [0.2, 0.25) is 0 Å². The second kappa shape index (κ2) is 4.77. The Kier molecular flexibility index (Phi) is 5.30. The second-order valence-corrected chi connectivity index (χ2v) is 2.04. The molecule has 0 radical (unpaired) electrons. The summed E-state index contributed by atoms with van der Waals surface area (Å²) in [6.45, 7) is 0. The molecule has 0 spiro atoms. The Morgan fingerprint density at radius 1 is 1.22 bits per heavy atom. The van der Waals surface area contributed by atoms with Crippen molar-refractivity contribution in [3.63, 3.8) is 0 Å². The first-order chi connectivity index (χ1) is 3.80. The van der Waals surface area contributed by atoms with Crippen LogP contribution in [0.1, 0.15) is 0 Å². The molecule has 0 unspecified atom stereocenters. The fraction of sp³-hybridized carbons (Fsp3) is 0. The van der Waals surface area contributed by atoms with Gasteiger partial charge in [0, 0.05) is 10.6 Å². The molecular formula is C6H8KNS. The third-order valence-electron chi connectivity index (χ3n) is 0.937. The Bertz CT molecular complexity index is 169. The minimum absolute atomic E-state index is 0. The number of thiol groups is 1. The average molecular weight is 165 g/mol. The molecule has 1 aromatic carbocycles. The molecule has 44 valence electrons. The molecule has 0 amide bonds. The summed E-state index contributed by atoms with van der Waals surface area (Å²) in [4.78, 5) is 0.840. The van der Waals surface area contributed by atoms with Gasteiger partial charge in [-0.15, -0.1) is 12.6 Å². The first kappa shape index (κ1) is 10.0. The van der Waals surface area contributed by atoms with Gasteiger partial charge in [-0.25, -0.2) is 0 Å². The Labute approximate surface area is 103 Å². The first-order valence-corrected chi connectivity index (χ1v) is 2.79. The van der Waals surface area contributed by atoms with Crippen LogP contribution in [0.5, 0.6) is 0 Å². The van der Waals surface area contributed by atoms with Gasteiger partial charge < -0.3 is 5.73 Å². The molecule has 3 heteroatoms. The summed E-state index contributed by atoms with van der Waals surface area (Å²) in [5.74, 6) is 0. The molecule has 1 rings (SSSR count). The maximum atomic E-state index is 5.44. The van der Waals surface area contributed by atoms with Gasteiger partial charge in [-0.3, -0.25) is 0 Å². The average Bonchev–Trinajstić information content (AvgIpc) is 1.77. The van der Waals surface area contributed by atoms with Gasteiger partial charge in [-0.2, -0.15) is 0 Å². The van der Waals surface area contributed by atoms with Crippen LogP contribution in [0, 0.1) is 0 Å². The Morgan fingerprint density at radius 2 is 1.78 bits per heavy atom. The van der Waals surface area contributed by atoms with Crippen LogP contribution in [0.3, 0.4) is 0 Å². The number of hydrogen-bond donors (Lipinski definition) is 2. The fourth-order valence-corrected chi connectivity index (χ4v) is 0.648. The van der Waals surface area contributed by atoms with Gasteiger partial charge in [0.15, 0.2) is 0 Å². The molecule has 0 fully saturated rings. The van der Waals surface area contributed by atoms with Gasteiger partial charge >= 0.3 is 51.4 Å². The molecule has 0 aliphatic rings. The predicted octanol–water partition coefficient (Wildman–Crippen LogP) is 0.909. The van der Waals surface area contributed by atoms with Crippen molar-refractivity contribution in [2.24, 2.45) is 0 Å². The maximum absolute atomic E-state index is 5.44. The molecule has 1 nitrogen and oxygen atoms in total. The molecule has 0 aromatic heterocycles. The number of nitrogens with two attached hydrogens (primary N) is 1. The molecule has 0 atom stereocenters. The summed E-state index contributed by atoms with van der Waals surface area (Å²) in [6, 6.07) is 7.47. The van der Waals surface area contributed by atoms with Crippen molar-refractivity contribution in [3.05, 3.63) is 24.3 Å². The van der Waals surface area contributed by atoms with Crippen molar-refractivity contribution in [1.82, 2.24) is 0 Å². The van der Waals surface area contributed by atoms with E-state index in [9.17, 15) is 0 Å². The van der Waals surface area contributed by atoms with Crippen molar-refractivity contribution >= 4 is 69.7 Å². The number of rotatable bonds is 0. The minimum atomic E-state index is 0.